The number of amides is 7. The zero-order valence-corrected chi connectivity index (χ0v) is 46.8. The molecule has 0 spiro atoms. The number of carboxylic acids is 2. The van der Waals surface area contributed by atoms with Crippen molar-refractivity contribution < 1.29 is 67.3 Å². The van der Waals surface area contributed by atoms with Crippen LogP contribution in [0.2, 0.25) is 0 Å². The molecule has 2 aromatic carbocycles. The maximum Gasteiger partial charge on any atom is 0.326 e. The first-order valence-corrected chi connectivity index (χ1v) is 25.7. The Bertz CT molecular complexity index is 2320. The van der Waals surface area contributed by atoms with Crippen LogP contribution in [-0.4, -0.2) is 129 Å². The van der Waals surface area contributed by atoms with E-state index in [-0.39, 0.29) is 17.7 Å². The molecule has 1 aromatic heterocycles. The molecule has 23 heteroatoms. The average molecular weight is 1090 g/mol. The molecule has 12 N–H and O–H groups in total. The smallest absolute Gasteiger partial charge is 0.326 e. The van der Waals surface area contributed by atoms with Gasteiger partial charge in [-0.1, -0.05) is 113 Å². The first-order chi connectivity index (χ1) is 36.3. The van der Waals surface area contributed by atoms with E-state index in [2.05, 4.69) is 47.4 Å². The Morgan fingerprint density at radius 3 is 1.83 bits per heavy atom. The second kappa shape index (κ2) is 38.3. The van der Waals surface area contributed by atoms with Crippen LogP contribution >= 0.6 is 0 Å². The van der Waals surface area contributed by atoms with Crippen LogP contribution in [0.15, 0.2) is 60.8 Å². The SMILES string of the molecule is CC.CC.CC.CC(C)(C)C(c1cc(-c2cc(F)ccc2F)cn1Cc1ccccc1)N(CCC(NC(=O)C(CC(N)=O)NC(=O)CNC(=O)CN)C(=O)NCCC(=O)NC(CCC(=O)O)C(=O)O)C(=O)CO.CC(C)C. The molecule has 3 rings (SSSR count). The fourth-order valence-electron chi connectivity index (χ4n) is 7.03. The van der Waals surface area contributed by atoms with Crippen LogP contribution in [0, 0.1) is 23.0 Å². The lowest BCUT2D eigenvalue weighted by molar-refractivity contribution is -0.143. The Kier molecular flexibility index (Phi) is 35.7. The monoisotopic (exact) mass is 1090 g/mol. The Morgan fingerprint density at radius 2 is 1.31 bits per heavy atom. The highest BCUT2D eigenvalue weighted by Gasteiger charge is 2.38. The van der Waals surface area contributed by atoms with Gasteiger partial charge >= 0.3 is 11.9 Å². The summed E-state index contributed by atoms with van der Waals surface area (Å²) in [5, 5.41) is 40.2. The predicted molar refractivity (Wildman–Crippen MR) is 289 cm³/mol. The lowest BCUT2D eigenvalue weighted by Gasteiger charge is -2.41. The van der Waals surface area contributed by atoms with Gasteiger partial charge in [-0.15, -0.1) is 0 Å². The largest absolute Gasteiger partial charge is 0.481 e. The van der Waals surface area contributed by atoms with Crippen LogP contribution < -0.4 is 38.1 Å². The molecule has 0 aliphatic rings. The Balaban J connectivity index is 0. The highest BCUT2D eigenvalue weighted by Crippen LogP contribution is 2.41. The Hall–Kier alpha value is -7.27. The fraction of sp³-hybridized carbons (Fsp3) is 0.537. The van der Waals surface area contributed by atoms with Crippen LogP contribution in [0.4, 0.5) is 8.78 Å². The molecule has 3 aromatic rings. The molecule has 1 heterocycles. The molecule has 77 heavy (non-hydrogen) atoms. The van der Waals surface area contributed by atoms with Gasteiger partial charge in [0.05, 0.1) is 25.6 Å². The number of halogens is 2. The minimum atomic E-state index is -1.71. The molecule has 4 atom stereocenters. The normalized spacial score (nSPS) is 12.0. The number of aliphatic carboxylic acids is 2. The van der Waals surface area contributed by atoms with Crippen LogP contribution in [0.25, 0.3) is 11.1 Å². The number of aliphatic hydroxyl groups excluding tert-OH is 1. The maximum atomic E-state index is 15.3. The van der Waals surface area contributed by atoms with Gasteiger partial charge in [-0.2, -0.15) is 0 Å². The van der Waals surface area contributed by atoms with E-state index in [1.165, 1.54) is 4.90 Å². The molecule has 0 saturated carbocycles. The van der Waals surface area contributed by atoms with Gasteiger partial charge in [0, 0.05) is 55.5 Å². The van der Waals surface area contributed by atoms with Crippen LogP contribution in [-0.2, 0) is 49.7 Å². The number of benzene rings is 2. The highest BCUT2D eigenvalue weighted by molar-refractivity contribution is 5.95. The summed E-state index contributed by atoms with van der Waals surface area (Å²) in [4.78, 5) is 114. The molecular formula is C54H85F2N9O12. The van der Waals surface area contributed by atoms with Crippen molar-refractivity contribution >= 4 is 53.3 Å². The van der Waals surface area contributed by atoms with Crippen molar-refractivity contribution in [3.05, 3.63) is 83.7 Å². The molecule has 0 bridgehead atoms. The van der Waals surface area contributed by atoms with Gasteiger partial charge in [-0.05, 0) is 54.0 Å². The van der Waals surface area contributed by atoms with Gasteiger partial charge in [0.25, 0.3) is 0 Å². The van der Waals surface area contributed by atoms with Crippen molar-refractivity contribution in [2.45, 2.75) is 146 Å². The first kappa shape index (κ1) is 71.8. The summed E-state index contributed by atoms with van der Waals surface area (Å²) >= 11 is 0. The van der Waals surface area contributed by atoms with Gasteiger partial charge in [-0.3, -0.25) is 38.4 Å². The van der Waals surface area contributed by atoms with Crippen molar-refractivity contribution in [3.8, 4) is 11.1 Å². The number of carboxylic acid groups (broad SMARTS) is 2. The van der Waals surface area contributed by atoms with Crippen molar-refractivity contribution in [1.82, 2.24) is 36.1 Å². The fourth-order valence-corrected chi connectivity index (χ4v) is 7.03. The number of hydrogen-bond donors (Lipinski definition) is 10. The third-order valence-corrected chi connectivity index (χ3v) is 10.1. The van der Waals surface area contributed by atoms with Gasteiger partial charge in [-0.25, -0.2) is 13.6 Å². The van der Waals surface area contributed by atoms with Crippen LogP contribution in [0.5, 0.6) is 0 Å². The van der Waals surface area contributed by atoms with E-state index in [0.717, 1.165) is 29.7 Å². The summed E-state index contributed by atoms with van der Waals surface area (Å²) in [6, 6.07) is 7.72. The zero-order chi connectivity index (χ0) is 59.6. The second-order valence-electron chi connectivity index (χ2n) is 18.2. The van der Waals surface area contributed by atoms with E-state index < -0.39 is 159 Å². The van der Waals surface area contributed by atoms with E-state index in [1.54, 1.807) is 55.8 Å². The van der Waals surface area contributed by atoms with E-state index >= 15 is 4.39 Å². The van der Waals surface area contributed by atoms with Crippen LogP contribution in [0.3, 0.4) is 0 Å². The first-order valence-electron chi connectivity index (χ1n) is 25.7. The number of nitrogens with zero attached hydrogens (tertiary/aromatic N) is 2. The summed E-state index contributed by atoms with van der Waals surface area (Å²) in [5.41, 5.74) is 11.1. The van der Waals surface area contributed by atoms with E-state index in [1.807, 2.05) is 53.7 Å². The molecule has 4 unspecified atom stereocenters. The summed E-state index contributed by atoms with van der Waals surface area (Å²) < 4.78 is 31.5. The third kappa shape index (κ3) is 27.9. The molecule has 21 nitrogen and oxygen atoms in total. The summed E-state index contributed by atoms with van der Waals surface area (Å²) in [5.74, 6) is -9.92. The number of aromatic nitrogens is 1. The number of carbonyl (C=O) groups is 9. The molecule has 0 aliphatic heterocycles. The van der Waals surface area contributed by atoms with Crippen molar-refractivity contribution in [3.63, 3.8) is 0 Å². The van der Waals surface area contributed by atoms with Crippen molar-refractivity contribution in [1.29, 1.82) is 0 Å². The molecule has 7 amide bonds. The van der Waals surface area contributed by atoms with Crippen molar-refractivity contribution in [2.24, 2.45) is 22.8 Å². The third-order valence-electron chi connectivity index (χ3n) is 10.1. The zero-order valence-electron chi connectivity index (χ0n) is 46.8. The lowest BCUT2D eigenvalue weighted by atomic mass is 9.82. The number of nitrogens with one attached hydrogen (secondary N) is 5. The minimum Gasteiger partial charge on any atom is -0.481 e. The standard InChI is InChI=1S/C44H57F2N9O12.C4H10.3C2H6/c1-44(2,3)40(33-17-26(28-18-27(45)9-10-29(28)46)23-54(33)22-25-7-5-4-6-8-25)55(38(61)24-56)16-14-30(41(64)49-15-13-35(58)51-31(43(66)67)11-12-39(62)63)53-42(65)32(19-34(48)57)52-37(60)21-50-36(59)20-47;1-4(2)3;3*1-2/h4-10,17-18,23,30-32,40,56H,11-16,19-22,24,47H2,1-3H3,(H2,48,57)(H,49,64)(H,50,59)(H,51,58)(H,52,60)(H,53,65)(H,62,63)(H,66,67);4H,1-3H3;3*1-2H3. The van der Waals surface area contributed by atoms with Gasteiger partial charge in [0.1, 0.15) is 36.4 Å². The Labute approximate surface area is 451 Å². The number of aliphatic hydroxyl groups is 1. The second-order valence-corrected chi connectivity index (χ2v) is 18.2. The summed E-state index contributed by atoms with van der Waals surface area (Å²) in [6.45, 7) is 21.0. The van der Waals surface area contributed by atoms with Crippen LogP contribution in [0.1, 0.15) is 132 Å². The Morgan fingerprint density at radius 1 is 0.727 bits per heavy atom. The van der Waals surface area contributed by atoms with Gasteiger partial charge in [0.2, 0.25) is 41.4 Å². The minimum absolute atomic E-state index is 0.0769. The molecule has 432 valence electrons. The van der Waals surface area contributed by atoms with E-state index in [4.69, 9.17) is 16.6 Å². The summed E-state index contributed by atoms with van der Waals surface area (Å²) in [6.07, 6.45) is -1.15. The predicted octanol–water partition coefficient (Wildman–Crippen LogP) is 4.38. The number of rotatable bonds is 26. The maximum absolute atomic E-state index is 15.3. The molecule has 0 fully saturated rings. The topological polar surface area (TPSA) is 335 Å². The molecule has 0 saturated heterocycles. The van der Waals surface area contributed by atoms with E-state index in [9.17, 15) is 57.8 Å². The molecular weight excluding hydrogens is 1000 g/mol. The summed E-state index contributed by atoms with van der Waals surface area (Å²) in [7, 11) is 0. The average Bonchev–Trinajstić information content (AvgIpc) is 3.78. The molecule has 0 aliphatic carbocycles. The number of carbonyl (C=O) groups excluding carboxylic acids is 7. The number of hydrogen-bond acceptors (Lipinski definition) is 11. The van der Waals surface area contributed by atoms with E-state index in [0.29, 0.717) is 5.69 Å². The quantitative estimate of drug-likeness (QED) is 0.0534. The molecule has 0 radical (unpaired) electrons. The van der Waals surface area contributed by atoms with Gasteiger partial charge < -0.3 is 62.8 Å². The number of nitrogens with two attached hydrogens (primary N) is 2. The van der Waals surface area contributed by atoms with Crippen molar-refractivity contribution in [2.75, 3.05) is 32.8 Å². The number of primary amides is 1. The lowest BCUT2D eigenvalue weighted by Crippen LogP contribution is -2.56. The highest BCUT2D eigenvalue weighted by atomic mass is 19.1. The van der Waals surface area contributed by atoms with Gasteiger partial charge in [0.15, 0.2) is 0 Å².